The number of nitrogens with one attached hydrogen (secondary N) is 3. The van der Waals surface area contributed by atoms with E-state index in [9.17, 15) is 13.6 Å². The number of carbonyl (C=O) groups excluding carboxylic acids is 1. The minimum Gasteiger partial charge on any atom is -0.379 e. The Hall–Kier alpha value is -3.76. The van der Waals surface area contributed by atoms with Gasteiger partial charge in [-0.05, 0) is 12.5 Å². The number of amides is 1. The molecule has 3 aromatic heterocycles. The molecule has 13 nitrogen and oxygen atoms in total. The molecule has 3 aromatic rings. The van der Waals surface area contributed by atoms with E-state index in [2.05, 4.69) is 32.6 Å². The molecule has 1 amide bonds. The van der Waals surface area contributed by atoms with Crippen molar-refractivity contribution in [3.8, 4) is 5.69 Å². The zero-order valence-corrected chi connectivity index (χ0v) is 21.7. The highest BCUT2D eigenvalue weighted by Gasteiger charge is 2.27. The SMILES string of the molecule is C=CC(=O)NC1COCCC1NC(=S)CNc1nc(N2CCOCC2)nc2c1ncn2-c1cnn(C(F)F)c1. The van der Waals surface area contributed by atoms with Crippen LogP contribution in [0.4, 0.5) is 20.5 Å². The summed E-state index contributed by atoms with van der Waals surface area (Å²) < 4.78 is 39.4. The quantitative estimate of drug-likeness (QED) is 0.255. The van der Waals surface area contributed by atoms with Gasteiger partial charge in [0.15, 0.2) is 17.0 Å². The molecule has 0 bridgehead atoms. The van der Waals surface area contributed by atoms with Crippen molar-refractivity contribution in [2.45, 2.75) is 25.1 Å². The first-order valence-corrected chi connectivity index (χ1v) is 12.8. The molecule has 2 atom stereocenters. The van der Waals surface area contributed by atoms with E-state index in [0.29, 0.717) is 84.2 Å². The highest BCUT2D eigenvalue weighted by molar-refractivity contribution is 7.80. The Labute approximate surface area is 227 Å². The summed E-state index contributed by atoms with van der Waals surface area (Å²) in [6, 6.07) is -0.373. The van der Waals surface area contributed by atoms with Gasteiger partial charge in [-0.25, -0.2) is 9.67 Å². The van der Waals surface area contributed by atoms with Crippen LogP contribution < -0.4 is 20.9 Å². The van der Waals surface area contributed by atoms with E-state index < -0.39 is 6.55 Å². The fourth-order valence-electron chi connectivity index (χ4n) is 4.38. The Morgan fingerprint density at radius 1 is 1.21 bits per heavy atom. The average Bonchev–Trinajstić information content (AvgIpc) is 3.61. The van der Waals surface area contributed by atoms with E-state index in [1.54, 1.807) is 4.57 Å². The molecule has 2 aliphatic rings. The number of anilines is 2. The molecule has 0 aromatic carbocycles. The van der Waals surface area contributed by atoms with Gasteiger partial charge in [-0.3, -0.25) is 9.36 Å². The summed E-state index contributed by atoms with van der Waals surface area (Å²) in [5.74, 6) is 0.607. The first-order valence-electron chi connectivity index (χ1n) is 12.4. The van der Waals surface area contributed by atoms with Gasteiger partial charge in [-0.15, -0.1) is 0 Å². The van der Waals surface area contributed by atoms with Crippen LogP contribution in [0, 0.1) is 0 Å². The van der Waals surface area contributed by atoms with E-state index in [0.717, 1.165) is 0 Å². The molecule has 2 unspecified atom stereocenters. The lowest BCUT2D eigenvalue weighted by molar-refractivity contribution is -0.118. The highest BCUT2D eigenvalue weighted by atomic mass is 32.1. The standard InChI is InChI=1S/C23H28F2N10O3S/c1-2-17(36)29-16-12-38-6-3-15(16)30-18(39)10-26-20-19-21(32-23(31-20)33-4-7-37-8-5-33)34(13-27-19)14-9-28-35(11-14)22(24)25/h2,9,11,13,15-16,22H,1,3-8,10,12H2,(H,29,36)(H,30,39)(H,26,31,32). The molecule has 5 heterocycles. The fourth-order valence-corrected chi connectivity index (χ4v) is 4.60. The molecule has 5 rings (SSSR count). The molecular weight excluding hydrogens is 534 g/mol. The van der Waals surface area contributed by atoms with Gasteiger partial charge >= 0.3 is 6.55 Å². The number of nitrogens with zero attached hydrogens (tertiary/aromatic N) is 7. The van der Waals surface area contributed by atoms with Crippen LogP contribution in [-0.2, 0) is 14.3 Å². The van der Waals surface area contributed by atoms with Crippen LogP contribution in [0.25, 0.3) is 16.9 Å². The van der Waals surface area contributed by atoms with Crippen molar-refractivity contribution in [1.29, 1.82) is 0 Å². The number of carbonyl (C=O) groups is 1. The Bertz CT molecular complexity index is 1340. The van der Waals surface area contributed by atoms with Crippen LogP contribution in [0.2, 0.25) is 0 Å². The van der Waals surface area contributed by atoms with Crippen molar-refractivity contribution >= 4 is 46.0 Å². The number of aromatic nitrogens is 6. The maximum atomic E-state index is 13.1. The Kier molecular flexibility index (Phi) is 8.23. The maximum absolute atomic E-state index is 13.1. The predicted molar refractivity (Wildman–Crippen MR) is 142 cm³/mol. The topological polar surface area (TPSA) is 136 Å². The van der Waals surface area contributed by atoms with E-state index in [4.69, 9.17) is 31.7 Å². The largest absolute Gasteiger partial charge is 0.379 e. The Morgan fingerprint density at radius 3 is 2.77 bits per heavy atom. The van der Waals surface area contributed by atoms with Gasteiger partial charge < -0.3 is 30.3 Å². The molecule has 3 N–H and O–H groups in total. The molecule has 16 heteroatoms. The number of imidazole rings is 1. The van der Waals surface area contributed by atoms with Crippen molar-refractivity contribution in [3.63, 3.8) is 0 Å². The van der Waals surface area contributed by atoms with Crippen LogP contribution >= 0.6 is 12.2 Å². The lowest BCUT2D eigenvalue weighted by Crippen LogP contribution is -2.56. The van der Waals surface area contributed by atoms with Crippen LogP contribution in [0.3, 0.4) is 0 Å². The molecule has 0 aliphatic carbocycles. The summed E-state index contributed by atoms with van der Waals surface area (Å²) in [4.78, 5) is 28.2. The molecule has 2 saturated heterocycles. The highest BCUT2D eigenvalue weighted by Crippen LogP contribution is 2.26. The molecule has 0 radical (unpaired) electrons. The molecule has 208 valence electrons. The summed E-state index contributed by atoms with van der Waals surface area (Å²) in [7, 11) is 0. The second kappa shape index (κ2) is 12.0. The Balaban J connectivity index is 1.37. The third kappa shape index (κ3) is 6.12. The minimum absolute atomic E-state index is 0.114. The zero-order valence-electron chi connectivity index (χ0n) is 20.9. The van der Waals surface area contributed by atoms with E-state index >= 15 is 0 Å². The first kappa shape index (κ1) is 26.8. The molecule has 0 saturated carbocycles. The second-order valence-electron chi connectivity index (χ2n) is 8.92. The summed E-state index contributed by atoms with van der Waals surface area (Å²) in [6.07, 6.45) is 5.93. The second-order valence-corrected chi connectivity index (χ2v) is 9.42. The third-order valence-electron chi connectivity index (χ3n) is 6.38. The van der Waals surface area contributed by atoms with Gasteiger partial charge in [-0.2, -0.15) is 23.8 Å². The van der Waals surface area contributed by atoms with Crippen molar-refractivity contribution < 1.29 is 23.0 Å². The lowest BCUT2D eigenvalue weighted by Gasteiger charge is -2.33. The predicted octanol–water partition coefficient (Wildman–Crippen LogP) is 1.03. The molecule has 2 fully saturated rings. The van der Waals surface area contributed by atoms with E-state index in [1.807, 2.05) is 4.90 Å². The van der Waals surface area contributed by atoms with Crippen LogP contribution in [0.1, 0.15) is 13.0 Å². The van der Waals surface area contributed by atoms with Gasteiger partial charge in [-0.1, -0.05) is 18.8 Å². The summed E-state index contributed by atoms with van der Waals surface area (Å²) in [5.41, 5.74) is 1.26. The fraction of sp³-hybridized carbons (Fsp3) is 0.478. The number of halogens is 2. The monoisotopic (exact) mass is 562 g/mol. The third-order valence-corrected chi connectivity index (χ3v) is 6.64. The van der Waals surface area contributed by atoms with Gasteiger partial charge in [0.2, 0.25) is 11.9 Å². The van der Waals surface area contributed by atoms with Crippen molar-refractivity contribution in [2.75, 3.05) is 56.3 Å². The lowest BCUT2D eigenvalue weighted by atomic mass is 10.0. The van der Waals surface area contributed by atoms with E-state index in [1.165, 1.54) is 24.8 Å². The maximum Gasteiger partial charge on any atom is 0.333 e. The Morgan fingerprint density at radius 2 is 2.03 bits per heavy atom. The van der Waals surface area contributed by atoms with Crippen molar-refractivity contribution in [2.24, 2.45) is 0 Å². The van der Waals surface area contributed by atoms with Gasteiger partial charge in [0, 0.05) is 19.7 Å². The average molecular weight is 563 g/mol. The number of hydrogen-bond acceptors (Lipinski definition) is 10. The molecule has 2 aliphatic heterocycles. The summed E-state index contributed by atoms with van der Waals surface area (Å²) in [5, 5.41) is 13.1. The van der Waals surface area contributed by atoms with Crippen LogP contribution in [-0.4, -0.2) is 98.3 Å². The summed E-state index contributed by atoms with van der Waals surface area (Å²) >= 11 is 5.59. The summed E-state index contributed by atoms with van der Waals surface area (Å²) in [6.45, 7) is 4.14. The first-order chi connectivity index (χ1) is 18.9. The van der Waals surface area contributed by atoms with Crippen LogP contribution in [0.15, 0.2) is 31.4 Å². The smallest absolute Gasteiger partial charge is 0.333 e. The normalized spacial score (nSPS) is 19.7. The number of morpholine rings is 1. The number of rotatable bonds is 9. The van der Waals surface area contributed by atoms with Gasteiger partial charge in [0.25, 0.3) is 0 Å². The number of thiocarbonyl (C=S) groups is 1. The number of hydrogen-bond donors (Lipinski definition) is 3. The van der Waals surface area contributed by atoms with E-state index in [-0.39, 0.29) is 24.5 Å². The molecule has 0 spiro atoms. The van der Waals surface area contributed by atoms with Crippen molar-refractivity contribution in [1.82, 2.24) is 39.9 Å². The zero-order chi connectivity index (χ0) is 27.4. The minimum atomic E-state index is -2.77. The molecule has 39 heavy (non-hydrogen) atoms. The van der Waals surface area contributed by atoms with Crippen molar-refractivity contribution in [3.05, 3.63) is 31.4 Å². The number of fused-ring (bicyclic) bond motifs is 1. The van der Waals surface area contributed by atoms with Gasteiger partial charge in [0.1, 0.15) is 6.33 Å². The number of ether oxygens (including phenoxy) is 2. The number of alkyl halides is 2. The van der Waals surface area contributed by atoms with Crippen LogP contribution in [0.5, 0.6) is 0 Å². The molecular formula is C23H28F2N10O3S. The van der Waals surface area contributed by atoms with Gasteiger partial charge in [0.05, 0.1) is 61.5 Å².